The third-order valence-corrected chi connectivity index (χ3v) is 5.92. The van der Waals surface area contributed by atoms with E-state index in [2.05, 4.69) is 11.1 Å². The molecule has 9 heteroatoms. The predicted molar refractivity (Wildman–Crippen MR) is 134 cm³/mol. The third-order valence-electron chi connectivity index (χ3n) is 5.52. The van der Waals surface area contributed by atoms with Crippen molar-refractivity contribution < 1.29 is 26.8 Å². The van der Waals surface area contributed by atoms with E-state index in [-0.39, 0.29) is 0 Å². The van der Waals surface area contributed by atoms with Gasteiger partial charge in [-0.3, -0.25) is 25.3 Å². The predicted octanol–water partition coefficient (Wildman–Crippen LogP) is 3.53. The second-order valence-corrected chi connectivity index (χ2v) is 9.84. The number of carbonyl (C=O) groups is 1. The molecule has 0 bridgehead atoms. The summed E-state index contributed by atoms with van der Waals surface area (Å²) >= 11 is 0. The highest BCUT2D eigenvalue weighted by molar-refractivity contribution is 7.80. The maximum atomic E-state index is 11.8. The number of Topliss-reactive ketones (excluding diaryl/α,β-unsaturated/α-hetero) is 1. The molecule has 8 nitrogen and oxygen atoms in total. The largest absolute Gasteiger partial charge is 0.726 e. The molecule has 0 rings (SSSR count). The second kappa shape index (κ2) is 24.3. The summed E-state index contributed by atoms with van der Waals surface area (Å²) in [5.41, 5.74) is 11.1. The van der Waals surface area contributed by atoms with Gasteiger partial charge in [0, 0.05) is 12.8 Å². The van der Waals surface area contributed by atoms with E-state index in [1.165, 1.54) is 89.9 Å². The van der Waals surface area contributed by atoms with Crippen LogP contribution in [0.4, 0.5) is 0 Å². The van der Waals surface area contributed by atoms with Crippen LogP contribution < -0.4 is 16.4 Å². The van der Waals surface area contributed by atoms with Crippen LogP contribution in [-0.4, -0.2) is 39.2 Å². The fraction of sp³-hybridized carbons (Fsp3) is 0.875. The van der Waals surface area contributed by atoms with E-state index in [1.54, 1.807) is 0 Å². The molecule has 0 aromatic heterocycles. The van der Waals surface area contributed by atoms with Crippen molar-refractivity contribution in [2.75, 3.05) is 14.2 Å². The van der Waals surface area contributed by atoms with E-state index in [4.69, 9.17) is 11.5 Å². The highest BCUT2D eigenvalue weighted by Gasteiger charge is 2.04. The highest BCUT2D eigenvalue weighted by Crippen LogP contribution is 2.13. The Morgan fingerprint density at radius 3 is 1.58 bits per heavy atom. The van der Waals surface area contributed by atoms with Crippen molar-refractivity contribution in [2.24, 2.45) is 11.5 Å². The molecule has 0 aromatic rings. The number of hydrogen-bond donors (Lipinski definition) is 3. The van der Waals surface area contributed by atoms with Gasteiger partial charge in [0.05, 0.1) is 20.4 Å². The van der Waals surface area contributed by atoms with Crippen LogP contribution in [0.5, 0.6) is 0 Å². The summed E-state index contributed by atoms with van der Waals surface area (Å²) in [7, 11) is -1.71. The van der Waals surface area contributed by atoms with Crippen LogP contribution in [0.2, 0.25) is 0 Å². The van der Waals surface area contributed by atoms with E-state index >= 15 is 0 Å². The number of rotatable bonds is 21. The van der Waals surface area contributed by atoms with Crippen LogP contribution in [0.3, 0.4) is 0 Å². The zero-order chi connectivity index (χ0) is 25.4. The van der Waals surface area contributed by atoms with Crippen molar-refractivity contribution >= 4 is 16.2 Å². The average molecular weight is 494 g/mol. The molecule has 1 unspecified atom stereocenters. The summed E-state index contributed by atoms with van der Waals surface area (Å²) in [4.78, 5) is 12.7. The van der Waals surface area contributed by atoms with Crippen molar-refractivity contribution in [3.63, 3.8) is 0 Å². The van der Waals surface area contributed by atoms with Gasteiger partial charge in [-0.1, -0.05) is 96.8 Å². The Bertz CT molecular complexity index is 568. The average Bonchev–Trinajstić information content (AvgIpc) is 2.76. The molecule has 0 saturated heterocycles. The summed E-state index contributed by atoms with van der Waals surface area (Å²) in [5, 5.41) is 0. The first-order valence-electron chi connectivity index (χ1n) is 12.7. The van der Waals surface area contributed by atoms with Crippen LogP contribution in [0.25, 0.3) is 0 Å². The topological polar surface area (TPSA) is 140 Å². The van der Waals surface area contributed by atoms with Crippen molar-refractivity contribution in [1.29, 1.82) is 0 Å². The van der Waals surface area contributed by atoms with Crippen molar-refractivity contribution in [3.05, 3.63) is 12.3 Å². The SMILES string of the molecule is CCCCCCCCCCCCCCCCCC(=O)CC=C[NH+](C)C(N)N.COS(=O)(=O)[O-]. The number of ketones is 1. The number of hydrogen-bond acceptors (Lipinski definition) is 7. The van der Waals surface area contributed by atoms with Gasteiger partial charge in [-0.15, -0.1) is 0 Å². The number of allylic oxidation sites excluding steroid dienone is 1. The molecule has 0 spiro atoms. The Balaban J connectivity index is 0. The van der Waals surface area contributed by atoms with Gasteiger partial charge in [0.2, 0.25) is 10.4 Å². The number of quaternary nitrogens is 1. The molecular formula is C24H51N3O5S. The monoisotopic (exact) mass is 493 g/mol. The number of unbranched alkanes of at least 4 members (excludes halogenated alkanes) is 14. The van der Waals surface area contributed by atoms with E-state index < -0.39 is 16.7 Å². The first kappa shape index (κ1) is 34.3. The molecule has 0 aliphatic rings. The number of nitrogens with two attached hydrogens (primary N) is 2. The van der Waals surface area contributed by atoms with Gasteiger partial charge in [-0.2, -0.15) is 0 Å². The van der Waals surface area contributed by atoms with Gasteiger partial charge in [-0.05, 0) is 12.5 Å². The number of carbonyl (C=O) groups excluding carboxylic acids is 1. The van der Waals surface area contributed by atoms with Crippen molar-refractivity contribution in [1.82, 2.24) is 0 Å². The van der Waals surface area contributed by atoms with Gasteiger partial charge >= 0.3 is 0 Å². The lowest BCUT2D eigenvalue weighted by molar-refractivity contribution is -0.852. The Morgan fingerprint density at radius 1 is 0.879 bits per heavy atom. The quantitative estimate of drug-likeness (QED) is 0.0961. The molecule has 0 aliphatic heterocycles. The first-order chi connectivity index (χ1) is 15.6. The van der Waals surface area contributed by atoms with Gasteiger partial charge < -0.3 is 4.55 Å². The minimum absolute atomic E-state index is 0.319. The Morgan fingerprint density at radius 2 is 1.24 bits per heavy atom. The third kappa shape index (κ3) is 31.2. The molecule has 0 radical (unpaired) electrons. The molecule has 0 heterocycles. The fourth-order valence-electron chi connectivity index (χ4n) is 3.28. The molecule has 0 saturated carbocycles. The molecule has 1 atom stereocenters. The van der Waals surface area contributed by atoms with Gasteiger partial charge in [0.1, 0.15) is 5.78 Å². The van der Waals surface area contributed by atoms with E-state index in [0.717, 1.165) is 18.4 Å². The van der Waals surface area contributed by atoms with E-state index in [9.17, 15) is 17.8 Å². The molecule has 0 aromatic carbocycles. The molecule has 0 fully saturated rings. The standard InChI is InChI=1S/C23H47N3O.CH4O4S/c1-3-4-5-6-7-8-9-10-11-12-13-14-15-16-17-19-22(27)20-18-21-26(2)23(24)25;1-5-6(2,3)4/h18,21,23H,3-17,19-20,24-25H2,1-2H3;1H3,(H,2,3,4). The Kier molecular flexibility index (Phi) is 25.3. The van der Waals surface area contributed by atoms with Gasteiger partial charge in [0.15, 0.2) is 6.29 Å². The first-order valence-corrected chi connectivity index (χ1v) is 14.0. The van der Waals surface area contributed by atoms with Crippen molar-refractivity contribution in [2.45, 2.75) is 122 Å². The van der Waals surface area contributed by atoms with Crippen LogP contribution in [0, 0.1) is 0 Å². The number of nitrogens with one attached hydrogen (secondary N) is 1. The van der Waals surface area contributed by atoms with Crippen LogP contribution in [-0.2, 0) is 19.4 Å². The lowest BCUT2D eigenvalue weighted by atomic mass is 10.0. The van der Waals surface area contributed by atoms with E-state index in [1.807, 2.05) is 19.3 Å². The van der Waals surface area contributed by atoms with Gasteiger partial charge in [0.25, 0.3) is 0 Å². The lowest BCUT2D eigenvalue weighted by Gasteiger charge is -2.11. The Labute approximate surface area is 203 Å². The summed E-state index contributed by atoms with van der Waals surface area (Å²) in [6.07, 6.45) is 24.9. The second-order valence-electron chi connectivity index (χ2n) is 8.69. The lowest BCUT2D eigenvalue weighted by Crippen LogP contribution is -3.12. The zero-order valence-corrected chi connectivity index (χ0v) is 22.2. The summed E-state index contributed by atoms with van der Waals surface area (Å²) < 4.78 is 31.0. The van der Waals surface area contributed by atoms with Crippen LogP contribution in [0.1, 0.15) is 116 Å². The van der Waals surface area contributed by atoms with Crippen LogP contribution >= 0.6 is 0 Å². The molecular weight excluding hydrogens is 442 g/mol. The molecule has 0 aliphatic carbocycles. The van der Waals surface area contributed by atoms with Crippen molar-refractivity contribution in [3.8, 4) is 0 Å². The summed E-state index contributed by atoms with van der Waals surface area (Å²) in [6, 6.07) is 0. The zero-order valence-electron chi connectivity index (χ0n) is 21.4. The summed E-state index contributed by atoms with van der Waals surface area (Å²) in [6.45, 7) is 2.28. The normalized spacial score (nSPS) is 12.7. The van der Waals surface area contributed by atoms with Crippen LogP contribution in [0.15, 0.2) is 12.3 Å². The maximum Gasteiger partial charge on any atom is 0.217 e. The van der Waals surface area contributed by atoms with E-state index in [0.29, 0.717) is 18.6 Å². The van der Waals surface area contributed by atoms with Gasteiger partial charge in [-0.25, -0.2) is 8.42 Å². The maximum absolute atomic E-state index is 11.8. The molecule has 33 heavy (non-hydrogen) atoms. The highest BCUT2D eigenvalue weighted by atomic mass is 32.3. The minimum atomic E-state index is -4.41. The Hall–Kier alpha value is -0.840. The minimum Gasteiger partial charge on any atom is -0.726 e. The molecule has 5 N–H and O–H groups in total. The molecule has 198 valence electrons. The fourth-order valence-corrected chi connectivity index (χ4v) is 3.28. The summed E-state index contributed by atoms with van der Waals surface area (Å²) in [5.74, 6) is 0.319. The smallest absolute Gasteiger partial charge is 0.217 e. The molecule has 0 amide bonds.